The molecular formula is C19H20Cl2FN3O3S. The average Bonchev–Trinajstić information content (AvgIpc) is 2.69. The van der Waals surface area contributed by atoms with Crippen molar-refractivity contribution in [2.75, 3.05) is 38.0 Å². The Morgan fingerprint density at radius 2 is 1.62 bits per heavy atom. The highest BCUT2D eigenvalue weighted by Crippen LogP contribution is 2.21. The maximum Gasteiger partial charge on any atom is 0.243 e. The maximum atomic E-state index is 13.7. The van der Waals surface area contributed by atoms with Crippen molar-refractivity contribution in [2.24, 2.45) is 0 Å². The minimum absolute atomic E-state index is 0.0817. The van der Waals surface area contributed by atoms with Gasteiger partial charge in [0.1, 0.15) is 5.82 Å². The van der Waals surface area contributed by atoms with Crippen molar-refractivity contribution >= 4 is 44.8 Å². The average molecular weight is 460 g/mol. The van der Waals surface area contributed by atoms with Crippen LogP contribution in [0, 0.1) is 5.82 Å². The number of nitrogens with one attached hydrogen (secondary N) is 1. The van der Waals surface area contributed by atoms with E-state index in [4.69, 9.17) is 23.2 Å². The molecule has 1 amide bonds. The van der Waals surface area contributed by atoms with E-state index in [1.807, 2.05) is 4.90 Å². The molecule has 1 aliphatic heterocycles. The first-order valence-electron chi connectivity index (χ1n) is 8.99. The van der Waals surface area contributed by atoms with Gasteiger partial charge in [0.05, 0.1) is 10.6 Å². The number of benzene rings is 2. The Morgan fingerprint density at radius 3 is 2.24 bits per heavy atom. The standard InChI is InChI=1S/C19H20Cl2FN3O3S/c20-14-1-4-16(5-2-14)29(27,28)25-11-9-24(10-12-25)8-7-19(26)23-18-6-3-15(21)13-17(18)22/h1-6,13H,7-12H2,(H,23,26). The molecule has 0 unspecified atom stereocenters. The van der Waals surface area contributed by atoms with Gasteiger partial charge >= 0.3 is 0 Å². The van der Waals surface area contributed by atoms with Crippen molar-refractivity contribution in [3.05, 3.63) is 58.3 Å². The van der Waals surface area contributed by atoms with Crippen molar-refractivity contribution in [3.8, 4) is 0 Å². The summed E-state index contributed by atoms with van der Waals surface area (Å²) in [5.41, 5.74) is 0.0817. The van der Waals surface area contributed by atoms with Gasteiger partial charge in [-0.15, -0.1) is 0 Å². The number of sulfonamides is 1. The van der Waals surface area contributed by atoms with E-state index >= 15 is 0 Å². The molecule has 2 aromatic rings. The van der Waals surface area contributed by atoms with Gasteiger partial charge in [-0.2, -0.15) is 4.31 Å². The number of anilines is 1. The molecule has 0 spiro atoms. The molecule has 1 aliphatic rings. The van der Waals surface area contributed by atoms with Gasteiger partial charge in [0, 0.05) is 49.2 Å². The highest BCUT2D eigenvalue weighted by Gasteiger charge is 2.28. The van der Waals surface area contributed by atoms with E-state index in [0.717, 1.165) is 6.07 Å². The summed E-state index contributed by atoms with van der Waals surface area (Å²) in [5, 5.41) is 3.25. The van der Waals surface area contributed by atoms with Crippen LogP contribution in [-0.2, 0) is 14.8 Å². The first kappa shape index (κ1) is 22.0. The Balaban J connectivity index is 1.48. The van der Waals surface area contributed by atoms with Gasteiger partial charge < -0.3 is 10.2 Å². The van der Waals surface area contributed by atoms with E-state index in [2.05, 4.69) is 5.32 Å². The van der Waals surface area contributed by atoms with Crippen LogP contribution in [0.25, 0.3) is 0 Å². The monoisotopic (exact) mass is 459 g/mol. The van der Waals surface area contributed by atoms with E-state index < -0.39 is 15.8 Å². The second kappa shape index (κ2) is 9.40. The highest BCUT2D eigenvalue weighted by molar-refractivity contribution is 7.89. The first-order valence-corrected chi connectivity index (χ1v) is 11.2. The van der Waals surface area contributed by atoms with Crippen LogP contribution in [0.3, 0.4) is 0 Å². The summed E-state index contributed by atoms with van der Waals surface area (Å²) in [4.78, 5) is 14.3. The van der Waals surface area contributed by atoms with E-state index in [1.165, 1.54) is 28.6 Å². The summed E-state index contributed by atoms with van der Waals surface area (Å²) in [5.74, 6) is -0.908. The number of rotatable bonds is 6. The molecule has 0 saturated carbocycles. The SMILES string of the molecule is O=C(CCN1CCN(S(=O)(=O)c2ccc(Cl)cc2)CC1)Nc1ccc(Cl)cc1F. The number of amides is 1. The van der Waals surface area contributed by atoms with Crippen LogP contribution in [0.4, 0.5) is 10.1 Å². The zero-order valence-electron chi connectivity index (χ0n) is 15.4. The van der Waals surface area contributed by atoms with E-state index in [0.29, 0.717) is 37.7 Å². The van der Waals surface area contributed by atoms with Gasteiger partial charge in [0.15, 0.2) is 0 Å². The first-order chi connectivity index (χ1) is 13.8. The van der Waals surface area contributed by atoms with E-state index in [1.54, 1.807) is 12.1 Å². The molecule has 0 atom stereocenters. The summed E-state index contributed by atoms with van der Waals surface area (Å²) in [6, 6.07) is 10.1. The quantitative estimate of drug-likeness (QED) is 0.717. The normalized spacial score (nSPS) is 16.0. The van der Waals surface area contributed by atoms with E-state index in [-0.39, 0.29) is 27.9 Å². The predicted molar refractivity (Wildman–Crippen MR) is 111 cm³/mol. The Kier molecular flexibility index (Phi) is 7.13. The lowest BCUT2D eigenvalue weighted by Gasteiger charge is -2.33. The third-order valence-corrected chi connectivity index (χ3v) is 7.04. The van der Waals surface area contributed by atoms with Crippen LogP contribution in [0.5, 0.6) is 0 Å². The Bertz CT molecular complexity index is 979. The second-order valence-electron chi connectivity index (χ2n) is 6.62. The van der Waals surface area contributed by atoms with Crippen LogP contribution in [0.15, 0.2) is 47.4 Å². The molecule has 3 rings (SSSR count). The van der Waals surface area contributed by atoms with Gasteiger partial charge in [0.25, 0.3) is 0 Å². The number of hydrogen-bond acceptors (Lipinski definition) is 4. The van der Waals surface area contributed by atoms with Crippen LogP contribution >= 0.6 is 23.2 Å². The molecule has 6 nitrogen and oxygen atoms in total. The number of halogens is 3. The summed E-state index contributed by atoms with van der Waals surface area (Å²) >= 11 is 11.5. The summed E-state index contributed by atoms with van der Waals surface area (Å²) in [6.07, 6.45) is 0.173. The number of carbonyl (C=O) groups is 1. The zero-order valence-corrected chi connectivity index (χ0v) is 17.8. The molecular weight excluding hydrogens is 440 g/mol. The van der Waals surface area contributed by atoms with Crippen LogP contribution in [0.1, 0.15) is 6.42 Å². The molecule has 1 heterocycles. The molecule has 10 heteroatoms. The van der Waals surface area contributed by atoms with E-state index in [9.17, 15) is 17.6 Å². The summed E-state index contributed by atoms with van der Waals surface area (Å²) < 4.78 is 40.5. The lowest BCUT2D eigenvalue weighted by Crippen LogP contribution is -2.49. The molecule has 0 radical (unpaired) electrons. The van der Waals surface area contributed by atoms with Crippen molar-refractivity contribution < 1.29 is 17.6 Å². The van der Waals surface area contributed by atoms with Gasteiger partial charge in [-0.1, -0.05) is 23.2 Å². The van der Waals surface area contributed by atoms with Crippen LogP contribution in [0.2, 0.25) is 10.0 Å². The maximum absolute atomic E-state index is 13.7. The summed E-state index contributed by atoms with van der Waals surface area (Å²) in [7, 11) is -3.57. The lowest BCUT2D eigenvalue weighted by atomic mass is 10.2. The molecule has 0 aliphatic carbocycles. The molecule has 2 aromatic carbocycles. The molecule has 1 saturated heterocycles. The topological polar surface area (TPSA) is 69.7 Å². The zero-order chi connectivity index (χ0) is 21.0. The number of nitrogens with zero attached hydrogens (tertiary/aromatic N) is 2. The third-order valence-electron chi connectivity index (χ3n) is 4.64. The fourth-order valence-corrected chi connectivity index (χ4v) is 4.72. The van der Waals surface area contributed by atoms with Crippen LogP contribution < -0.4 is 5.32 Å². The number of carbonyl (C=O) groups excluding carboxylic acids is 1. The Hall–Kier alpha value is -1.71. The van der Waals surface area contributed by atoms with Gasteiger partial charge in [-0.05, 0) is 42.5 Å². The fourth-order valence-electron chi connectivity index (χ4n) is 3.01. The second-order valence-corrected chi connectivity index (χ2v) is 9.43. The third kappa shape index (κ3) is 5.67. The van der Waals surface area contributed by atoms with Gasteiger partial charge in [-0.25, -0.2) is 12.8 Å². The number of piperazine rings is 1. The fraction of sp³-hybridized carbons (Fsp3) is 0.316. The molecule has 0 aromatic heterocycles. The Labute approximate surface area is 179 Å². The highest BCUT2D eigenvalue weighted by atomic mass is 35.5. The minimum atomic E-state index is -3.57. The largest absolute Gasteiger partial charge is 0.324 e. The van der Waals surface area contributed by atoms with Gasteiger partial charge in [0.2, 0.25) is 15.9 Å². The molecule has 156 valence electrons. The summed E-state index contributed by atoms with van der Waals surface area (Å²) in [6.45, 7) is 2.14. The van der Waals surface area contributed by atoms with Crippen molar-refractivity contribution in [2.45, 2.75) is 11.3 Å². The smallest absolute Gasteiger partial charge is 0.243 e. The number of hydrogen-bond donors (Lipinski definition) is 1. The predicted octanol–water partition coefficient (Wildman–Crippen LogP) is 3.47. The van der Waals surface area contributed by atoms with Crippen molar-refractivity contribution in [3.63, 3.8) is 0 Å². The Morgan fingerprint density at radius 1 is 1.00 bits per heavy atom. The molecule has 29 heavy (non-hydrogen) atoms. The van der Waals surface area contributed by atoms with Crippen molar-refractivity contribution in [1.82, 2.24) is 9.21 Å². The molecule has 1 N–H and O–H groups in total. The molecule has 0 bridgehead atoms. The molecule has 1 fully saturated rings. The minimum Gasteiger partial charge on any atom is -0.324 e. The van der Waals surface area contributed by atoms with Crippen LogP contribution in [-0.4, -0.2) is 56.3 Å². The van der Waals surface area contributed by atoms with Gasteiger partial charge in [-0.3, -0.25) is 4.79 Å². The van der Waals surface area contributed by atoms with Crippen molar-refractivity contribution in [1.29, 1.82) is 0 Å². The lowest BCUT2D eigenvalue weighted by molar-refractivity contribution is -0.116.